The lowest BCUT2D eigenvalue weighted by Crippen LogP contribution is -2.32. The van der Waals surface area contributed by atoms with Crippen LogP contribution in [0.2, 0.25) is 5.02 Å². The highest BCUT2D eigenvalue weighted by atomic mass is 35.5. The Hall–Kier alpha value is -2.10. The molecule has 0 fully saturated rings. The van der Waals surface area contributed by atoms with Gasteiger partial charge >= 0.3 is 0 Å². The maximum Gasteiger partial charge on any atom is 0.0737 e. The quantitative estimate of drug-likeness (QED) is 0.697. The van der Waals surface area contributed by atoms with Crippen molar-refractivity contribution < 1.29 is 0 Å². The molecule has 1 aromatic heterocycles. The van der Waals surface area contributed by atoms with E-state index in [0.29, 0.717) is 11.1 Å². The van der Waals surface area contributed by atoms with E-state index in [9.17, 15) is 0 Å². The number of pyridine rings is 1. The van der Waals surface area contributed by atoms with Gasteiger partial charge in [-0.2, -0.15) is 0 Å². The summed E-state index contributed by atoms with van der Waals surface area (Å²) in [5.41, 5.74) is 3.34. The molecule has 1 heterocycles. The van der Waals surface area contributed by atoms with Gasteiger partial charge in [0, 0.05) is 41.4 Å². The van der Waals surface area contributed by atoms with E-state index in [1.807, 2.05) is 30.5 Å². The van der Waals surface area contributed by atoms with Gasteiger partial charge in [0.1, 0.15) is 0 Å². The standard InChI is InChI=1S/C20H22ClN3/c1-15(13-24(2)14-16-6-4-3-5-7-16)23-19-10-11-22-20-12-17(21)8-9-18(19)20/h3-12,15H,13-14H2,1-2H3,(H,22,23)/t15-/m0/s1. The van der Waals surface area contributed by atoms with E-state index in [0.717, 1.165) is 29.7 Å². The monoisotopic (exact) mass is 339 g/mol. The predicted molar refractivity (Wildman–Crippen MR) is 103 cm³/mol. The van der Waals surface area contributed by atoms with Crippen LogP contribution in [0.3, 0.4) is 0 Å². The van der Waals surface area contributed by atoms with E-state index in [4.69, 9.17) is 11.6 Å². The molecule has 1 atom stereocenters. The lowest BCUT2D eigenvalue weighted by atomic mass is 10.1. The minimum Gasteiger partial charge on any atom is -0.381 e. The number of nitrogens with one attached hydrogen (secondary N) is 1. The molecule has 0 saturated carbocycles. The van der Waals surface area contributed by atoms with Crippen LogP contribution >= 0.6 is 11.6 Å². The summed E-state index contributed by atoms with van der Waals surface area (Å²) in [5.74, 6) is 0. The van der Waals surface area contributed by atoms with Crippen molar-refractivity contribution in [3.05, 3.63) is 71.4 Å². The average Bonchev–Trinajstić information content (AvgIpc) is 2.55. The van der Waals surface area contributed by atoms with Crippen LogP contribution in [-0.4, -0.2) is 29.5 Å². The maximum absolute atomic E-state index is 6.06. The van der Waals surface area contributed by atoms with Crippen molar-refractivity contribution in [1.82, 2.24) is 9.88 Å². The van der Waals surface area contributed by atoms with Crippen molar-refractivity contribution in [2.24, 2.45) is 0 Å². The third-order valence-electron chi connectivity index (χ3n) is 3.99. The Kier molecular flexibility index (Phi) is 5.34. The normalized spacial score (nSPS) is 12.5. The van der Waals surface area contributed by atoms with Gasteiger partial charge in [-0.15, -0.1) is 0 Å². The molecule has 0 amide bonds. The molecular weight excluding hydrogens is 318 g/mol. The number of hydrogen-bond acceptors (Lipinski definition) is 3. The van der Waals surface area contributed by atoms with Gasteiger partial charge in [-0.3, -0.25) is 4.98 Å². The fraction of sp³-hybridized carbons (Fsp3) is 0.250. The number of halogens is 1. The molecule has 1 N–H and O–H groups in total. The largest absolute Gasteiger partial charge is 0.381 e. The van der Waals surface area contributed by atoms with Crippen LogP contribution in [0.15, 0.2) is 60.8 Å². The molecule has 3 rings (SSSR count). The van der Waals surface area contributed by atoms with Crippen LogP contribution in [0.1, 0.15) is 12.5 Å². The highest BCUT2D eigenvalue weighted by Crippen LogP contribution is 2.24. The summed E-state index contributed by atoms with van der Waals surface area (Å²) in [5, 5.41) is 5.40. The van der Waals surface area contributed by atoms with Crippen LogP contribution < -0.4 is 5.32 Å². The summed E-state index contributed by atoms with van der Waals surface area (Å²) in [6.07, 6.45) is 1.82. The Morgan fingerprint density at radius 2 is 1.92 bits per heavy atom. The minimum atomic E-state index is 0.319. The van der Waals surface area contributed by atoms with Crippen LogP contribution in [-0.2, 0) is 6.54 Å². The number of fused-ring (bicyclic) bond motifs is 1. The molecule has 0 spiro atoms. The lowest BCUT2D eigenvalue weighted by molar-refractivity contribution is 0.316. The molecule has 0 aliphatic carbocycles. The zero-order chi connectivity index (χ0) is 16.9. The van der Waals surface area contributed by atoms with Crippen molar-refractivity contribution in [2.45, 2.75) is 19.5 Å². The number of likely N-dealkylation sites (N-methyl/N-ethyl adjacent to an activating group) is 1. The Bertz CT molecular complexity index is 804. The number of nitrogens with zero attached hydrogens (tertiary/aromatic N) is 2. The summed E-state index contributed by atoms with van der Waals surface area (Å²) < 4.78 is 0. The van der Waals surface area contributed by atoms with Gasteiger partial charge in [0.2, 0.25) is 0 Å². The highest BCUT2D eigenvalue weighted by molar-refractivity contribution is 6.31. The first-order valence-corrected chi connectivity index (χ1v) is 8.53. The Morgan fingerprint density at radius 3 is 2.71 bits per heavy atom. The van der Waals surface area contributed by atoms with Crippen LogP contribution in [0.5, 0.6) is 0 Å². The highest BCUT2D eigenvalue weighted by Gasteiger charge is 2.09. The Balaban J connectivity index is 1.65. The molecule has 0 unspecified atom stereocenters. The molecule has 4 heteroatoms. The topological polar surface area (TPSA) is 28.2 Å². The summed E-state index contributed by atoms with van der Waals surface area (Å²) in [7, 11) is 2.15. The third-order valence-corrected chi connectivity index (χ3v) is 4.22. The first-order chi connectivity index (χ1) is 11.6. The van der Waals surface area contributed by atoms with Crippen LogP contribution in [0.4, 0.5) is 5.69 Å². The molecule has 0 radical (unpaired) electrons. The smallest absolute Gasteiger partial charge is 0.0737 e. The molecule has 124 valence electrons. The van der Waals surface area contributed by atoms with E-state index in [-0.39, 0.29) is 0 Å². The summed E-state index contributed by atoms with van der Waals surface area (Å²) in [6.45, 7) is 4.09. The zero-order valence-electron chi connectivity index (χ0n) is 14.0. The molecule has 3 aromatic rings. The van der Waals surface area contributed by atoms with Gasteiger partial charge in [-0.05, 0) is 43.8 Å². The first kappa shape index (κ1) is 16.7. The molecule has 0 saturated heterocycles. The zero-order valence-corrected chi connectivity index (χ0v) is 14.8. The van der Waals surface area contributed by atoms with Crippen molar-refractivity contribution >= 4 is 28.2 Å². The maximum atomic E-state index is 6.06. The van der Waals surface area contributed by atoms with E-state index >= 15 is 0 Å². The summed E-state index contributed by atoms with van der Waals surface area (Å²) >= 11 is 6.06. The molecule has 2 aromatic carbocycles. The summed E-state index contributed by atoms with van der Waals surface area (Å²) in [4.78, 5) is 6.72. The van der Waals surface area contributed by atoms with Gasteiger partial charge in [0.25, 0.3) is 0 Å². The Morgan fingerprint density at radius 1 is 1.12 bits per heavy atom. The number of benzene rings is 2. The minimum absolute atomic E-state index is 0.319. The van der Waals surface area contributed by atoms with Gasteiger partial charge in [0.15, 0.2) is 0 Å². The van der Waals surface area contributed by atoms with Crippen molar-refractivity contribution in [2.75, 3.05) is 18.9 Å². The Labute approximate surface area is 148 Å². The number of rotatable bonds is 6. The molecule has 0 bridgehead atoms. The van der Waals surface area contributed by atoms with Crippen LogP contribution in [0.25, 0.3) is 10.9 Å². The lowest BCUT2D eigenvalue weighted by Gasteiger charge is -2.23. The molecular formula is C20H22ClN3. The van der Waals surface area contributed by atoms with E-state index in [2.05, 4.69) is 59.5 Å². The third kappa shape index (κ3) is 4.25. The fourth-order valence-electron chi connectivity index (χ4n) is 2.99. The van der Waals surface area contributed by atoms with Crippen molar-refractivity contribution in [3.8, 4) is 0 Å². The van der Waals surface area contributed by atoms with Crippen molar-refractivity contribution in [1.29, 1.82) is 0 Å². The SMILES string of the molecule is C[C@@H](CN(C)Cc1ccccc1)Nc1ccnc2cc(Cl)ccc12. The van der Waals surface area contributed by atoms with Crippen molar-refractivity contribution in [3.63, 3.8) is 0 Å². The number of anilines is 1. The van der Waals surface area contributed by atoms with Gasteiger partial charge in [-0.1, -0.05) is 41.9 Å². The van der Waals surface area contributed by atoms with E-state index in [1.165, 1.54) is 5.56 Å². The molecule has 0 aliphatic rings. The number of aromatic nitrogens is 1. The van der Waals surface area contributed by atoms with Crippen LogP contribution in [0, 0.1) is 0 Å². The predicted octanol–water partition coefficient (Wildman–Crippen LogP) is 4.82. The van der Waals surface area contributed by atoms with E-state index < -0.39 is 0 Å². The van der Waals surface area contributed by atoms with Gasteiger partial charge in [-0.25, -0.2) is 0 Å². The molecule has 0 aliphatic heterocycles. The van der Waals surface area contributed by atoms with Gasteiger partial charge < -0.3 is 10.2 Å². The molecule has 24 heavy (non-hydrogen) atoms. The number of hydrogen-bond donors (Lipinski definition) is 1. The van der Waals surface area contributed by atoms with E-state index in [1.54, 1.807) is 0 Å². The first-order valence-electron chi connectivity index (χ1n) is 8.15. The second-order valence-electron chi connectivity index (χ2n) is 6.25. The second-order valence-corrected chi connectivity index (χ2v) is 6.68. The average molecular weight is 340 g/mol. The molecule has 3 nitrogen and oxygen atoms in total. The second kappa shape index (κ2) is 7.65. The summed E-state index contributed by atoms with van der Waals surface area (Å²) in [6, 6.07) is 18.7. The fourth-order valence-corrected chi connectivity index (χ4v) is 3.15. The van der Waals surface area contributed by atoms with Gasteiger partial charge in [0.05, 0.1) is 5.52 Å².